The third-order valence-electron chi connectivity index (χ3n) is 3.82. The van der Waals surface area contributed by atoms with Crippen LogP contribution in [0, 0.1) is 0 Å². The van der Waals surface area contributed by atoms with Crippen LogP contribution < -0.4 is 10.9 Å². The van der Waals surface area contributed by atoms with Gasteiger partial charge in [-0.05, 0) is 34.2 Å². The molecule has 104 valence electrons. The Morgan fingerprint density at radius 1 is 0.810 bits per heavy atom. The second-order valence-corrected chi connectivity index (χ2v) is 6.75. The molecule has 3 nitrogen and oxygen atoms in total. The van der Waals surface area contributed by atoms with Crippen LogP contribution in [-0.2, 0) is 27.1 Å². The van der Waals surface area contributed by atoms with E-state index < -0.39 is 0 Å². The monoisotopic (exact) mass is 406 g/mol. The van der Waals surface area contributed by atoms with E-state index in [2.05, 4.69) is 31.9 Å². The van der Waals surface area contributed by atoms with Crippen molar-refractivity contribution in [3.05, 3.63) is 56.5 Å². The lowest BCUT2D eigenvalue weighted by molar-refractivity contribution is 0.238. The fourth-order valence-corrected chi connectivity index (χ4v) is 3.72. The van der Waals surface area contributed by atoms with Gasteiger partial charge in [-0.3, -0.25) is 0 Å². The molecule has 0 N–H and O–H groups in total. The summed E-state index contributed by atoms with van der Waals surface area (Å²) in [7, 11) is -0.764. The summed E-state index contributed by atoms with van der Waals surface area (Å²) in [6.07, 6.45) is 0. The highest BCUT2D eigenvalue weighted by atomic mass is 79.9. The first-order valence-corrected chi connectivity index (χ1v) is 8.26. The summed E-state index contributed by atoms with van der Waals surface area (Å²) in [5.74, 6) is 0. The van der Waals surface area contributed by atoms with E-state index in [1.54, 1.807) is 0 Å². The molecular formula is C14H10B2Br2O3. The van der Waals surface area contributed by atoms with Crippen LogP contribution in [0.15, 0.2) is 45.3 Å². The number of halogens is 2. The molecule has 0 saturated carbocycles. The summed E-state index contributed by atoms with van der Waals surface area (Å²) in [4.78, 5) is 0. The predicted octanol–water partition coefficient (Wildman–Crippen LogP) is 2.38. The lowest BCUT2D eigenvalue weighted by atomic mass is 9.71. The zero-order valence-electron chi connectivity index (χ0n) is 11.0. The Labute approximate surface area is 140 Å². The van der Waals surface area contributed by atoms with Crippen molar-refractivity contribution in [3.63, 3.8) is 0 Å². The van der Waals surface area contributed by atoms with E-state index in [0.29, 0.717) is 13.2 Å². The molecule has 0 radical (unpaired) electrons. The Morgan fingerprint density at radius 3 is 1.76 bits per heavy atom. The van der Waals surface area contributed by atoms with Crippen molar-refractivity contribution in [2.24, 2.45) is 0 Å². The molecule has 4 rings (SSSR count). The van der Waals surface area contributed by atoms with Gasteiger partial charge in [0, 0.05) is 8.95 Å². The van der Waals surface area contributed by atoms with Crippen LogP contribution in [0.4, 0.5) is 0 Å². The molecule has 2 aromatic carbocycles. The Kier molecular flexibility index (Phi) is 3.71. The zero-order chi connectivity index (χ0) is 14.4. The van der Waals surface area contributed by atoms with Crippen LogP contribution in [0.25, 0.3) is 0 Å². The van der Waals surface area contributed by atoms with Gasteiger partial charge in [-0.15, -0.1) is 0 Å². The maximum absolute atomic E-state index is 6.05. The van der Waals surface area contributed by atoms with Gasteiger partial charge < -0.3 is 13.9 Å². The van der Waals surface area contributed by atoms with Gasteiger partial charge in [0.05, 0.1) is 13.2 Å². The molecule has 0 spiro atoms. The third kappa shape index (κ3) is 2.41. The topological polar surface area (TPSA) is 27.7 Å². The van der Waals surface area contributed by atoms with Gasteiger partial charge in [-0.25, -0.2) is 0 Å². The summed E-state index contributed by atoms with van der Waals surface area (Å²) in [5, 5.41) is 0. The van der Waals surface area contributed by atoms with Crippen LogP contribution in [0.2, 0.25) is 0 Å². The van der Waals surface area contributed by atoms with Crippen LogP contribution in [0.1, 0.15) is 11.1 Å². The molecule has 0 amide bonds. The van der Waals surface area contributed by atoms with E-state index >= 15 is 0 Å². The first kappa shape index (κ1) is 14.0. The van der Waals surface area contributed by atoms with E-state index in [4.69, 9.17) is 13.9 Å². The number of hydrogen-bond acceptors (Lipinski definition) is 3. The number of benzene rings is 2. The van der Waals surface area contributed by atoms with Crippen molar-refractivity contribution in [2.45, 2.75) is 13.2 Å². The molecule has 2 aliphatic heterocycles. The molecule has 2 aromatic rings. The fraction of sp³-hybridized carbons (Fsp3) is 0.143. The maximum Gasteiger partial charge on any atom is 0.481 e. The average molecular weight is 408 g/mol. The van der Waals surface area contributed by atoms with Gasteiger partial charge >= 0.3 is 14.2 Å². The van der Waals surface area contributed by atoms with Crippen molar-refractivity contribution in [3.8, 4) is 0 Å². The third-order valence-corrected chi connectivity index (χ3v) is 5.31. The second-order valence-electron chi connectivity index (χ2n) is 5.04. The predicted molar refractivity (Wildman–Crippen MR) is 89.7 cm³/mol. The highest BCUT2D eigenvalue weighted by Gasteiger charge is 2.40. The zero-order valence-corrected chi connectivity index (χ0v) is 14.2. The van der Waals surface area contributed by atoms with E-state index in [0.717, 1.165) is 31.0 Å². The van der Waals surface area contributed by atoms with E-state index in [-0.39, 0.29) is 14.2 Å². The van der Waals surface area contributed by atoms with Crippen LogP contribution >= 0.6 is 31.9 Å². The van der Waals surface area contributed by atoms with Crippen LogP contribution in [0.5, 0.6) is 0 Å². The largest absolute Gasteiger partial charge is 0.481 e. The van der Waals surface area contributed by atoms with Gasteiger partial charge in [0.15, 0.2) is 0 Å². The first-order chi connectivity index (χ1) is 10.2. The highest BCUT2D eigenvalue weighted by Crippen LogP contribution is 2.24. The molecule has 21 heavy (non-hydrogen) atoms. The fourth-order valence-electron chi connectivity index (χ4n) is 2.73. The lowest BCUT2D eigenvalue weighted by Gasteiger charge is -2.12. The Hall–Kier alpha value is -0.590. The van der Waals surface area contributed by atoms with Gasteiger partial charge in [0.25, 0.3) is 0 Å². The minimum Gasteiger partial charge on any atom is -0.443 e. The van der Waals surface area contributed by atoms with Gasteiger partial charge in [-0.1, -0.05) is 56.1 Å². The molecule has 0 unspecified atom stereocenters. The van der Waals surface area contributed by atoms with Gasteiger partial charge in [-0.2, -0.15) is 0 Å². The summed E-state index contributed by atoms with van der Waals surface area (Å²) in [5.41, 5.74) is 4.43. The molecule has 0 fully saturated rings. The molecule has 0 aliphatic carbocycles. The SMILES string of the molecule is Brc1cccc2c1COB2OB1OCc2c(Br)cccc21. The summed E-state index contributed by atoms with van der Waals surface area (Å²) in [6.45, 7) is 1.11. The summed E-state index contributed by atoms with van der Waals surface area (Å²) in [6, 6.07) is 12.1. The molecule has 2 aliphatic rings. The van der Waals surface area contributed by atoms with Crippen LogP contribution in [-0.4, -0.2) is 14.2 Å². The smallest absolute Gasteiger partial charge is 0.443 e. The number of fused-ring (bicyclic) bond motifs is 2. The maximum atomic E-state index is 6.05. The molecule has 0 aromatic heterocycles. The second kappa shape index (κ2) is 5.56. The Morgan fingerprint density at radius 2 is 1.29 bits per heavy atom. The van der Waals surface area contributed by atoms with E-state index in [1.807, 2.05) is 36.4 Å². The molecule has 7 heteroatoms. The van der Waals surface area contributed by atoms with Crippen molar-refractivity contribution >= 4 is 57.0 Å². The quantitative estimate of drug-likeness (QED) is 0.716. The first-order valence-electron chi connectivity index (χ1n) is 6.67. The normalized spacial score (nSPS) is 16.3. The molecule has 2 heterocycles. The van der Waals surface area contributed by atoms with Crippen molar-refractivity contribution in [1.82, 2.24) is 0 Å². The van der Waals surface area contributed by atoms with E-state index in [1.165, 1.54) is 0 Å². The Bertz CT molecular complexity index is 651. The molecule has 0 saturated heterocycles. The summed E-state index contributed by atoms with van der Waals surface area (Å²) >= 11 is 7.10. The standard InChI is InChI=1S/C14H10B2Br2O3/c17-13-5-1-3-11-9(13)7-19-15(11)21-16-12-4-2-6-14(18)10(12)8-20-16/h1-6H,7-8H2. The minimum atomic E-state index is -0.382. The van der Waals surface area contributed by atoms with Gasteiger partial charge in [0.1, 0.15) is 0 Å². The van der Waals surface area contributed by atoms with Crippen molar-refractivity contribution in [2.75, 3.05) is 0 Å². The number of rotatable bonds is 2. The Balaban J connectivity index is 1.61. The van der Waals surface area contributed by atoms with Crippen molar-refractivity contribution in [1.29, 1.82) is 0 Å². The highest BCUT2D eigenvalue weighted by molar-refractivity contribution is 9.10. The summed E-state index contributed by atoms with van der Waals surface area (Å²) < 4.78 is 19.7. The van der Waals surface area contributed by atoms with Crippen LogP contribution in [0.3, 0.4) is 0 Å². The van der Waals surface area contributed by atoms with Gasteiger partial charge in [0.2, 0.25) is 0 Å². The van der Waals surface area contributed by atoms with Crippen molar-refractivity contribution < 1.29 is 13.9 Å². The lowest BCUT2D eigenvalue weighted by Crippen LogP contribution is -2.43. The molecular weight excluding hydrogens is 398 g/mol. The molecule has 0 bridgehead atoms. The average Bonchev–Trinajstić information content (AvgIpc) is 3.07. The van der Waals surface area contributed by atoms with E-state index in [9.17, 15) is 0 Å². The number of hydrogen-bond donors (Lipinski definition) is 0. The minimum absolute atomic E-state index is 0.382. The molecule has 0 atom stereocenters.